The Bertz CT molecular complexity index is 869. The average Bonchev–Trinajstić information content (AvgIpc) is 2.78. The number of hydrogen-bond acceptors (Lipinski definition) is 5. The predicted molar refractivity (Wildman–Crippen MR) is 123 cm³/mol. The molecular weight excluding hydrogens is 408 g/mol. The van der Waals surface area contributed by atoms with Gasteiger partial charge >= 0.3 is 0 Å². The van der Waals surface area contributed by atoms with Crippen LogP contribution >= 0.6 is 0 Å². The summed E-state index contributed by atoms with van der Waals surface area (Å²) in [5.74, 6) is 0.836. The van der Waals surface area contributed by atoms with E-state index in [1.807, 2.05) is 12.1 Å². The van der Waals surface area contributed by atoms with E-state index in [0.29, 0.717) is 24.0 Å². The van der Waals surface area contributed by atoms with Gasteiger partial charge in [0.2, 0.25) is 17.7 Å². The molecule has 2 rings (SSSR count). The van der Waals surface area contributed by atoms with Crippen LogP contribution in [0.15, 0.2) is 48.7 Å². The van der Waals surface area contributed by atoms with Gasteiger partial charge in [0, 0.05) is 32.1 Å². The second-order valence-electron chi connectivity index (χ2n) is 7.89. The molecule has 1 heterocycles. The van der Waals surface area contributed by atoms with Gasteiger partial charge in [0.1, 0.15) is 11.6 Å². The molecule has 8 nitrogen and oxygen atoms in total. The minimum Gasteiger partial charge on any atom is -0.497 e. The first-order valence-corrected chi connectivity index (χ1v) is 10.8. The van der Waals surface area contributed by atoms with Gasteiger partial charge in [0.05, 0.1) is 13.7 Å². The van der Waals surface area contributed by atoms with Gasteiger partial charge < -0.3 is 20.3 Å². The van der Waals surface area contributed by atoms with Crippen molar-refractivity contribution < 1.29 is 19.1 Å². The largest absolute Gasteiger partial charge is 0.497 e. The first kappa shape index (κ1) is 24.8. The molecule has 0 radical (unpaired) electrons. The summed E-state index contributed by atoms with van der Waals surface area (Å²) in [6, 6.07) is 12.5. The molecule has 8 heteroatoms. The molecule has 0 unspecified atom stereocenters. The van der Waals surface area contributed by atoms with E-state index in [-0.39, 0.29) is 43.7 Å². The number of methoxy groups -OCH3 is 1. The zero-order valence-corrected chi connectivity index (χ0v) is 19.0. The highest BCUT2D eigenvalue weighted by atomic mass is 16.5. The van der Waals surface area contributed by atoms with Crippen LogP contribution in [0.3, 0.4) is 0 Å². The summed E-state index contributed by atoms with van der Waals surface area (Å²) in [7, 11) is 1.59. The first-order chi connectivity index (χ1) is 15.4. The SMILES string of the molecule is COc1ccc(CN(CC(=O)NCCC(C)C)C(=O)CCC(=O)Nc2ccccn2)cc1. The number of nitrogens with one attached hydrogen (secondary N) is 2. The quantitative estimate of drug-likeness (QED) is 0.528. The van der Waals surface area contributed by atoms with Crippen molar-refractivity contribution in [1.82, 2.24) is 15.2 Å². The Balaban J connectivity index is 1.96. The fourth-order valence-electron chi connectivity index (χ4n) is 2.93. The molecule has 0 aliphatic carbocycles. The highest BCUT2D eigenvalue weighted by molar-refractivity contribution is 5.93. The third-order valence-corrected chi connectivity index (χ3v) is 4.76. The third-order valence-electron chi connectivity index (χ3n) is 4.76. The fraction of sp³-hybridized carbons (Fsp3) is 0.417. The van der Waals surface area contributed by atoms with E-state index >= 15 is 0 Å². The second kappa shape index (κ2) is 13.1. The van der Waals surface area contributed by atoms with Crippen molar-refractivity contribution in [3.63, 3.8) is 0 Å². The zero-order valence-electron chi connectivity index (χ0n) is 19.0. The van der Waals surface area contributed by atoms with Gasteiger partial charge in [-0.1, -0.05) is 32.0 Å². The maximum Gasteiger partial charge on any atom is 0.239 e. The van der Waals surface area contributed by atoms with Gasteiger partial charge in [-0.3, -0.25) is 14.4 Å². The van der Waals surface area contributed by atoms with Gasteiger partial charge in [-0.05, 0) is 42.2 Å². The molecule has 0 saturated carbocycles. The number of amides is 3. The van der Waals surface area contributed by atoms with Crippen LogP contribution in [-0.4, -0.2) is 47.8 Å². The first-order valence-electron chi connectivity index (χ1n) is 10.8. The molecule has 0 aliphatic heterocycles. The van der Waals surface area contributed by atoms with E-state index in [9.17, 15) is 14.4 Å². The Morgan fingerprint density at radius 1 is 1.03 bits per heavy atom. The lowest BCUT2D eigenvalue weighted by Crippen LogP contribution is -2.41. The molecule has 0 saturated heterocycles. The van der Waals surface area contributed by atoms with Crippen molar-refractivity contribution in [2.24, 2.45) is 5.92 Å². The molecule has 32 heavy (non-hydrogen) atoms. The van der Waals surface area contributed by atoms with E-state index in [1.165, 1.54) is 4.90 Å². The number of hydrogen-bond donors (Lipinski definition) is 2. The number of nitrogens with zero attached hydrogens (tertiary/aromatic N) is 2. The highest BCUT2D eigenvalue weighted by Gasteiger charge is 2.19. The maximum atomic E-state index is 12.9. The molecule has 1 aromatic heterocycles. The topological polar surface area (TPSA) is 101 Å². The summed E-state index contributed by atoms with van der Waals surface area (Å²) in [4.78, 5) is 43.0. The van der Waals surface area contributed by atoms with Crippen molar-refractivity contribution in [3.05, 3.63) is 54.2 Å². The lowest BCUT2D eigenvalue weighted by atomic mass is 10.1. The monoisotopic (exact) mass is 440 g/mol. The highest BCUT2D eigenvalue weighted by Crippen LogP contribution is 2.14. The van der Waals surface area contributed by atoms with Gasteiger partial charge in [0.15, 0.2) is 0 Å². The van der Waals surface area contributed by atoms with E-state index in [2.05, 4.69) is 29.5 Å². The Morgan fingerprint density at radius 3 is 2.41 bits per heavy atom. The summed E-state index contributed by atoms with van der Waals surface area (Å²) in [6.07, 6.45) is 2.44. The molecular formula is C24H32N4O4. The van der Waals surface area contributed by atoms with Crippen molar-refractivity contribution in [3.8, 4) is 5.75 Å². The molecule has 1 aromatic carbocycles. The molecule has 0 bridgehead atoms. The molecule has 0 atom stereocenters. The molecule has 3 amide bonds. The molecule has 0 fully saturated rings. The van der Waals surface area contributed by atoms with Crippen molar-refractivity contribution in [2.75, 3.05) is 25.5 Å². The number of aromatic nitrogens is 1. The lowest BCUT2D eigenvalue weighted by Gasteiger charge is -2.23. The van der Waals surface area contributed by atoms with E-state index < -0.39 is 0 Å². The van der Waals surface area contributed by atoms with E-state index in [1.54, 1.807) is 43.6 Å². The zero-order chi connectivity index (χ0) is 23.3. The number of carbonyl (C=O) groups is 3. The smallest absolute Gasteiger partial charge is 0.239 e. The average molecular weight is 441 g/mol. The number of rotatable bonds is 12. The molecule has 2 aromatic rings. The normalized spacial score (nSPS) is 10.5. The van der Waals surface area contributed by atoms with Gasteiger partial charge in [0.25, 0.3) is 0 Å². The molecule has 2 N–H and O–H groups in total. The minimum absolute atomic E-state index is 0.00346. The maximum absolute atomic E-state index is 12.9. The second-order valence-corrected chi connectivity index (χ2v) is 7.89. The van der Waals surface area contributed by atoms with Crippen LogP contribution in [0, 0.1) is 5.92 Å². The van der Waals surface area contributed by atoms with Crippen molar-refractivity contribution in [1.29, 1.82) is 0 Å². The summed E-state index contributed by atoms with van der Waals surface area (Å²) in [5, 5.41) is 5.52. The number of carbonyl (C=O) groups excluding carboxylic acids is 3. The molecule has 172 valence electrons. The Labute approximate surface area is 189 Å². The predicted octanol–water partition coefficient (Wildman–Crippen LogP) is 3.00. The van der Waals surface area contributed by atoms with Gasteiger partial charge in [-0.2, -0.15) is 0 Å². The number of benzene rings is 1. The van der Waals surface area contributed by atoms with Gasteiger partial charge in [-0.15, -0.1) is 0 Å². The van der Waals surface area contributed by atoms with E-state index in [4.69, 9.17) is 4.74 Å². The van der Waals surface area contributed by atoms with Gasteiger partial charge in [-0.25, -0.2) is 4.98 Å². The van der Waals surface area contributed by atoms with E-state index in [0.717, 1.165) is 12.0 Å². The van der Waals surface area contributed by atoms with Crippen LogP contribution in [0.5, 0.6) is 5.75 Å². The lowest BCUT2D eigenvalue weighted by molar-refractivity contribution is -0.137. The van der Waals surface area contributed by atoms with Crippen LogP contribution in [-0.2, 0) is 20.9 Å². The van der Waals surface area contributed by atoms with Crippen LogP contribution in [0.4, 0.5) is 5.82 Å². The number of pyridine rings is 1. The summed E-state index contributed by atoms with van der Waals surface area (Å²) in [6.45, 7) is 4.93. The van der Waals surface area contributed by atoms with Crippen molar-refractivity contribution >= 4 is 23.5 Å². The summed E-state index contributed by atoms with van der Waals surface area (Å²) < 4.78 is 5.17. The summed E-state index contributed by atoms with van der Waals surface area (Å²) >= 11 is 0. The summed E-state index contributed by atoms with van der Waals surface area (Å²) in [5.41, 5.74) is 0.868. The number of anilines is 1. The van der Waals surface area contributed by atoms with Crippen molar-refractivity contribution in [2.45, 2.75) is 39.7 Å². The Morgan fingerprint density at radius 2 is 1.78 bits per heavy atom. The van der Waals surface area contributed by atoms with Crippen LogP contribution in [0.2, 0.25) is 0 Å². The minimum atomic E-state index is -0.303. The third kappa shape index (κ3) is 9.16. The fourth-order valence-corrected chi connectivity index (χ4v) is 2.93. The van der Waals surface area contributed by atoms with Crippen LogP contribution in [0.25, 0.3) is 0 Å². The van der Waals surface area contributed by atoms with Crippen LogP contribution < -0.4 is 15.4 Å². The molecule has 0 aliphatic rings. The standard InChI is InChI=1S/C24H32N4O4/c1-18(2)13-15-26-23(30)17-28(16-19-7-9-20(32-3)10-8-19)24(31)12-11-22(29)27-21-6-4-5-14-25-21/h4-10,14,18H,11-13,15-17H2,1-3H3,(H,26,30)(H,25,27,29). The molecule has 0 spiro atoms. The Kier molecular flexibility index (Phi) is 10.2. The van der Waals surface area contributed by atoms with Crippen LogP contribution in [0.1, 0.15) is 38.7 Å². The Hall–Kier alpha value is -3.42. The number of ether oxygens (including phenoxy) is 1.